The number of carbonyl (C=O) groups is 2. The zero-order valence-electron chi connectivity index (χ0n) is 5.77. The first-order valence-corrected chi connectivity index (χ1v) is 2.76. The third kappa shape index (κ3) is 308. The van der Waals surface area contributed by atoms with E-state index in [9.17, 15) is 0 Å². The Hall–Kier alpha value is -0.0431. The Balaban J connectivity index is -0.0000000300. The van der Waals surface area contributed by atoms with Crippen molar-refractivity contribution in [2.45, 2.75) is 0 Å². The van der Waals surface area contributed by atoms with E-state index in [1.807, 2.05) is 0 Å². The van der Waals surface area contributed by atoms with Crippen LogP contribution in [0.2, 0.25) is 0 Å². The molecule has 0 spiro atoms. The van der Waals surface area contributed by atoms with Crippen LogP contribution in [0.15, 0.2) is 0 Å². The Morgan fingerprint density at radius 2 is 1.33 bits per heavy atom. The first kappa shape index (κ1) is 16.0. The Labute approximate surface area is 76.4 Å². The molecular formula is C2H5NaO5Si. The SMILES string of the molecule is O=CC=O.O=[Si](O)O.[H-].[Na+]. The molecule has 0 radical (unpaired) electrons. The molecule has 0 saturated carbocycles. The summed E-state index contributed by atoms with van der Waals surface area (Å²) in [4.78, 5) is 31.9. The minimum atomic E-state index is -3.13. The molecule has 0 aromatic heterocycles. The van der Waals surface area contributed by atoms with Crippen molar-refractivity contribution < 1.29 is 54.6 Å². The summed E-state index contributed by atoms with van der Waals surface area (Å²) in [6.45, 7) is 0. The van der Waals surface area contributed by atoms with Crippen LogP contribution in [-0.2, 0) is 14.1 Å². The van der Waals surface area contributed by atoms with Gasteiger partial charge in [-0.25, -0.2) is 0 Å². The van der Waals surface area contributed by atoms with Crippen molar-refractivity contribution in [2.75, 3.05) is 0 Å². The molecule has 0 heterocycles. The molecule has 0 aromatic carbocycles. The number of carbonyl (C=O) groups excluding carboxylic acids is 2. The molecule has 0 amide bonds. The fourth-order valence-corrected chi connectivity index (χ4v) is 0. The average molecular weight is 160 g/mol. The van der Waals surface area contributed by atoms with Crippen LogP contribution in [0, 0.1) is 0 Å². The molecule has 0 atom stereocenters. The van der Waals surface area contributed by atoms with Crippen LogP contribution < -0.4 is 29.6 Å². The minimum Gasteiger partial charge on any atom is -1.00 e. The fraction of sp³-hybridized carbons (Fsp3) is 0. The van der Waals surface area contributed by atoms with E-state index in [4.69, 9.17) is 23.6 Å². The molecule has 0 unspecified atom stereocenters. The van der Waals surface area contributed by atoms with Gasteiger partial charge in [0.05, 0.1) is 0 Å². The van der Waals surface area contributed by atoms with E-state index in [1.165, 1.54) is 0 Å². The maximum atomic E-state index is 8.81. The van der Waals surface area contributed by atoms with E-state index in [-0.39, 0.29) is 43.6 Å². The predicted molar refractivity (Wildman–Crippen MR) is 24.1 cm³/mol. The van der Waals surface area contributed by atoms with Crippen molar-refractivity contribution in [1.29, 1.82) is 0 Å². The molecule has 48 valence electrons. The summed E-state index contributed by atoms with van der Waals surface area (Å²) < 4.78 is 8.74. The van der Waals surface area contributed by atoms with Gasteiger partial charge in [-0.05, 0) is 0 Å². The second-order valence-electron chi connectivity index (χ2n) is 0.555. The predicted octanol–water partition coefficient (Wildman–Crippen LogP) is -5.11. The third-order valence-corrected chi connectivity index (χ3v) is 0.0556. The van der Waals surface area contributed by atoms with Gasteiger partial charge in [-0.15, -0.1) is 0 Å². The second kappa shape index (κ2) is 15.7. The summed E-state index contributed by atoms with van der Waals surface area (Å²) in [7, 11) is -3.13. The van der Waals surface area contributed by atoms with Crippen molar-refractivity contribution in [1.82, 2.24) is 0 Å². The molecular weight excluding hydrogens is 155 g/mol. The first-order chi connectivity index (χ1) is 3.65. The maximum absolute atomic E-state index is 8.81. The zero-order chi connectivity index (χ0) is 6.99. The Morgan fingerprint density at radius 3 is 1.33 bits per heavy atom. The van der Waals surface area contributed by atoms with Gasteiger partial charge < -0.3 is 11.0 Å². The zero-order valence-corrected chi connectivity index (χ0v) is 7.77. The van der Waals surface area contributed by atoms with Crippen molar-refractivity contribution in [3.63, 3.8) is 0 Å². The molecule has 7 heteroatoms. The Bertz CT molecular complexity index is 87.6. The molecule has 5 nitrogen and oxygen atoms in total. The summed E-state index contributed by atoms with van der Waals surface area (Å²) in [5.74, 6) is 0. The van der Waals surface area contributed by atoms with Crippen LogP contribution in [-0.4, -0.2) is 31.3 Å². The Morgan fingerprint density at radius 1 is 1.22 bits per heavy atom. The molecule has 9 heavy (non-hydrogen) atoms. The van der Waals surface area contributed by atoms with Crippen LogP contribution >= 0.6 is 0 Å². The molecule has 0 aliphatic carbocycles. The smallest absolute Gasteiger partial charge is 1.00 e. The third-order valence-electron chi connectivity index (χ3n) is 0.0556. The van der Waals surface area contributed by atoms with E-state index in [0.717, 1.165) is 0 Å². The Kier molecular flexibility index (Phi) is 27.8. The van der Waals surface area contributed by atoms with Gasteiger partial charge in [-0.2, -0.15) is 0 Å². The van der Waals surface area contributed by atoms with Gasteiger partial charge in [0, 0.05) is 0 Å². The van der Waals surface area contributed by atoms with Crippen molar-refractivity contribution in [3.8, 4) is 0 Å². The minimum absolute atomic E-state index is 0. The van der Waals surface area contributed by atoms with E-state index in [0.29, 0.717) is 0 Å². The largest absolute Gasteiger partial charge is 1.00 e. The number of aldehydes is 2. The van der Waals surface area contributed by atoms with Crippen LogP contribution in [0.25, 0.3) is 0 Å². The van der Waals surface area contributed by atoms with Gasteiger partial charge in [-0.1, -0.05) is 0 Å². The van der Waals surface area contributed by atoms with Gasteiger partial charge in [0.2, 0.25) is 0 Å². The number of hydrogen-bond acceptors (Lipinski definition) is 3. The number of hydrogen-bond donors (Lipinski definition) is 2. The molecule has 0 bridgehead atoms. The molecule has 0 fully saturated rings. The second-order valence-corrected chi connectivity index (χ2v) is 1.12. The molecule has 0 aromatic rings. The first-order valence-electron chi connectivity index (χ1n) is 1.46. The van der Waals surface area contributed by atoms with Crippen molar-refractivity contribution in [3.05, 3.63) is 0 Å². The standard InChI is InChI=1S/C2H2O2.Na.H2O3Si.H/c3-1-2-4;;1-4(2)3;/h1-2H;;1-2H;/q;+1;;-1. The fourth-order valence-electron chi connectivity index (χ4n) is 0. The molecule has 0 aliphatic heterocycles. The van der Waals surface area contributed by atoms with E-state index < -0.39 is 9.17 Å². The molecule has 0 aliphatic rings. The van der Waals surface area contributed by atoms with Gasteiger partial charge in [0.15, 0.2) is 12.6 Å². The van der Waals surface area contributed by atoms with E-state index in [2.05, 4.69) is 0 Å². The van der Waals surface area contributed by atoms with Crippen molar-refractivity contribution >= 4 is 21.7 Å². The van der Waals surface area contributed by atoms with Crippen LogP contribution in [0.3, 0.4) is 0 Å². The average Bonchev–Trinajstić information content (AvgIpc) is 1.65. The van der Waals surface area contributed by atoms with Gasteiger partial charge in [-0.3, -0.25) is 14.1 Å². The molecule has 2 N–H and O–H groups in total. The summed E-state index contributed by atoms with van der Waals surface area (Å²) in [5, 5.41) is 0. The van der Waals surface area contributed by atoms with Gasteiger partial charge >= 0.3 is 38.7 Å². The van der Waals surface area contributed by atoms with Crippen molar-refractivity contribution in [2.24, 2.45) is 0 Å². The summed E-state index contributed by atoms with van der Waals surface area (Å²) in [5.41, 5.74) is 0. The van der Waals surface area contributed by atoms with E-state index in [1.54, 1.807) is 0 Å². The quantitative estimate of drug-likeness (QED) is 0.227. The van der Waals surface area contributed by atoms with E-state index >= 15 is 0 Å². The normalized spacial score (nSPS) is 4.89. The number of rotatable bonds is 1. The molecule has 0 saturated heterocycles. The van der Waals surface area contributed by atoms with Crippen LogP contribution in [0.5, 0.6) is 0 Å². The summed E-state index contributed by atoms with van der Waals surface area (Å²) in [6, 6.07) is 0. The monoisotopic (exact) mass is 160 g/mol. The van der Waals surface area contributed by atoms with Gasteiger partial charge in [0.25, 0.3) is 0 Å². The van der Waals surface area contributed by atoms with Gasteiger partial charge in [0.1, 0.15) is 0 Å². The molecule has 0 rings (SSSR count). The topological polar surface area (TPSA) is 91.7 Å². The maximum Gasteiger partial charge on any atom is 1.00 e. The van der Waals surface area contributed by atoms with Crippen LogP contribution in [0.1, 0.15) is 1.43 Å². The van der Waals surface area contributed by atoms with Crippen LogP contribution in [0.4, 0.5) is 0 Å². The summed E-state index contributed by atoms with van der Waals surface area (Å²) >= 11 is 0. The summed E-state index contributed by atoms with van der Waals surface area (Å²) in [6.07, 6.45) is 0.389.